The highest BCUT2D eigenvalue weighted by molar-refractivity contribution is 6.46. The molecule has 0 saturated carbocycles. The number of ether oxygens (including phenoxy) is 1. The second-order valence-electron chi connectivity index (χ2n) is 5.78. The number of primary amides is 1. The lowest BCUT2D eigenvalue weighted by atomic mass is 10.1. The largest absolute Gasteiger partial charge is 0.489 e. The first-order valence-corrected chi connectivity index (χ1v) is 8.70. The average molecular weight is 441 g/mol. The minimum absolute atomic E-state index is 0.0813. The van der Waals surface area contributed by atoms with Crippen molar-refractivity contribution in [1.29, 1.82) is 0 Å². The minimum Gasteiger partial charge on any atom is -0.489 e. The van der Waals surface area contributed by atoms with Gasteiger partial charge in [-0.3, -0.25) is 14.6 Å². The number of pyridine rings is 1. The highest BCUT2D eigenvalue weighted by Crippen LogP contribution is 2.22. The molecule has 2 aromatic rings. The maximum atomic E-state index is 13.6. The maximum Gasteiger partial charge on any atom is 0.270 e. The van der Waals surface area contributed by atoms with Crippen molar-refractivity contribution >= 4 is 23.2 Å². The number of hydrogen-bond acceptors (Lipinski definition) is 7. The Morgan fingerprint density at radius 1 is 1.32 bits per heavy atom. The molecule has 0 aliphatic rings. The maximum absolute atomic E-state index is 13.6. The normalized spacial score (nSPS) is 11.7. The van der Waals surface area contributed by atoms with Gasteiger partial charge < -0.3 is 26.6 Å². The number of halogens is 3. The van der Waals surface area contributed by atoms with E-state index in [0.717, 1.165) is 0 Å². The zero-order valence-corrected chi connectivity index (χ0v) is 16.5. The molecule has 1 unspecified atom stereocenters. The smallest absolute Gasteiger partial charge is 0.270 e. The Labute approximate surface area is 175 Å². The first-order valence-electron chi connectivity index (χ1n) is 8.70. The van der Waals surface area contributed by atoms with Crippen molar-refractivity contribution in [3.8, 4) is 5.75 Å². The van der Waals surface area contributed by atoms with Gasteiger partial charge in [0.05, 0.1) is 6.61 Å². The monoisotopic (exact) mass is 441 g/mol. The fraction of sp³-hybridized carbons (Fsp3) is 0.263. The molecule has 0 aliphatic heterocycles. The Kier molecular flexibility index (Phi) is 10.5. The van der Waals surface area contributed by atoms with Gasteiger partial charge in [0, 0.05) is 30.1 Å². The Hall–Kier alpha value is -3.67. The standard InChI is InChI=1S/C18H20FN5O4.CH2F2/c1-22-15(18(27)24-14(8-25)17(21)26)12-7-11(4-5-13(12)20)28-9-10-3-2-6-23-16(10)19;2-1-3/h2-7,14,25H,8-9,20H2,1H3,(H2,21,26)(H,24,27);1H2. The van der Waals surface area contributed by atoms with Crippen molar-refractivity contribution in [1.82, 2.24) is 10.3 Å². The quantitative estimate of drug-likeness (QED) is 0.268. The van der Waals surface area contributed by atoms with Crippen molar-refractivity contribution < 1.29 is 32.6 Å². The van der Waals surface area contributed by atoms with Crippen LogP contribution in [0.15, 0.2) is 41.5 Å². The second kappa shape index (κ2) is 12.8. The Balaban J connectivity index is 0.00000151. The minimum atomic E-state index is -1.75. The summed E-state index contributed by atoms with van der Waals surface area (Å²) in [7, 11) is 1.37. The zero-order valence-electron chi connectivity index (χ0n) is 16.5. The molecule has 1 atom stereocenters. The van der Waals surface area contributed by atoms with Gasteiger partial charge in [-0.1, -0.05) is 0 Å². The number of aromatic nitrogens is 1. The third kappa shape index (κ3) is 7.59. The van der Waals surface area contributed by atoms with Gasteiger partial charge in [0.2, 0.25) is 18.8 Å². The number of carbonyl (C=O) groups excluding carboxylic acids is 2. The van der Waals surface area contributed by atoms with Crippen LogP contribution in [0, 0.1) is 5.95 Å². The van der Waals surface area contributed by atoms with Crippen LogP contribution >= 0.6 is 0 Å². The zero-order chi connectivity index (χ0) is 23.4. The Morgan fingerprint density at radius 2 is 2.00 bits per heavy atom. The first-order chi connectivity index (χ1) is 14.8. The van der Waals surface area contributed by atoms with Crippen LogP contribution < -0.4 is 21.5 Å². The summed E-state index contributed by atoms with van der Waals surface area (Å²) in [6.07, 6.45) is 1.33. The van der Waals surface area contributed by atoms with E-state index in [2.05, 4.69) is 15.3 Å². The molecule has 9 nitrogen and oxygen atoms in total. The summed E-state index contributed by atoms with van der Waals surface area (Å²) in [5.41, 5.74) is 11.7. The lowest BCUT2D eigenvalue weighted by Gasteiger charge is -2.15. The number of rotatable bonds is 8. The van der Waals surface area contributed by atoms with E-state index in [0.29, 0.717) is 5.75 Å². The molecule has 0 bridgehead atoms. The summed E-state index contributed by atoms with van der Waals surface area (Å²) in [6, 6.07) is 6.37. The van der Waals surface area contributed by atoms with Gasteiger partial charge >= 0.3 is 0 Å². The molecule has 12 heteroatoms. The molecule has 2 amide bonds. The van der Waals surface area contributed by atoms with E-state index in [1.54, 1.807) is 12.1 Å². The molecule has 1 aromatic heterocycles. The van der Waals surface area contributed by atoms with Crippen molar-refractivity contribution in [3.05, 3.63) is 53.6 Å². The fourth-order valence-electron chi connectivity index (χ4n) is 2.30. The number of aliphatic hydroxyl groups excluding tert-OH is 1. The number of nitrogen functional groups attached to an aromatic ring is 1. The fourth-order valence-corrected chi connectivity index (χ4v) is 2.30. The summed E-state index contributed by atoms with van der Waals surface area (Å²) < 4.78 is 38.4. The number of hydrogen-bond donors (Lipinski definition) is 4. The van der Waals surface area contributed by atoms with Gasteiger partial charge in [-0.15, -0.1) is 0 Å². The average Bonchev–Trinajstić information content (AvgIpc) is 2.74. The SMILES string of the molecule is CN=C(C(=O)NC(CO)C(N)=O)c1cc(OCc2cccnc2F)ccc1N.FCF. The summed E-state index contributed by atoms with van der Waals surface area (Å²) in [5, 5.41) is 11.4. The molecule has 168 valence electrons. The van der Waals surface area contributed by atoms with Crippen LogP contribution in [-0.4, -0.2) is 54.2 Å². The predicted molar refractivity (Wildman–Crippen MR) is 107 cm³/mol. The van der Waals surface area contributed by atoms with E-state index in [1.807, 2.05) is 0 Å². The van der Waals surface area contributed by atoms with E-state index in [4.69, 9.17) is 21.3 Å². The van der Waals surface area contributed by atoms with Gasteiger partial charge in [-0.2, -0.15) is 4.39 Å². The van der Waals surface area contributed by atoms with Crippen molar-refractivity contribution in [2.24, 2.45) is 10.7 Å². The van der Waals surface area contributed by atoms with Crippen LogP contribution in [0.3, 0.4) is 0 Å². The van der Waals surface area contributed by atoms with Gasteiger partial charge in [0.25, 0.3) is 5.91 Å². The molecular weight excluding hydrogens is 419 g/mol. The molecule has 1 heterocycles. The molecule has 0 saturated heterocycles. The number of aliphatic hydroxyl groups is 1. The van der Waals surface area contributed by atoms with Crippen LogP contribution in [0.5, 0.6) is 5.75 Å². The summed E-state index contributed by atoms with van der Waals surface area (Å²) in [5.74, 6) is -1.97. The third-order valence-electron chi connectivity index (χ3n) is 3.78. The molecule has 1 aromatic carbocycles. The number of carbonyl (C=O) groups is 2. The lowest BCUT2D eigenvalue weighted by Crippen LogP contribution is -2.49. The highest BCUT2D eigenvalue weighted by atomic mass is 19.3. The summed E-state index contributed by atoms with van der Waals surface area (Å²) >= 11 is 0. The predicted octanol–water partition coefficient (Wildman–Crippen LogP) is 0.646. The molecule has 0 radical (unpaired) electrons. The van der Waals surface area contributed by atoms with Crippen LogP contribution in [0.1, 0.15) is 11.1 Å². The van der Waals surface area contributed by atoms with Crippen molar-refractivity contribution in [2.75, 3.05) is 26.3 Å². The molecular formula is C19H22F3N5O4. The van der Waals surface area contributed by atoms with Crippen LogP contribution in [0.2, 0.25) is 0 Å². The van der Waals surface area contributed by atoms with Crippen LogP contribution in [-0.2, 0) is 16.2 Å². The van der Waals surface area contributed by atoms with E-state index in [9.17, 15) is 22.8 Å². The number of nitrogens with zero attached hydrogens (tertiary/aromatic N) is 2. The van der Waals surface area contributed by atoms with Gasteiger partial charge in [0.1, 0.15) is 24.1 Å². The van der Waals surface area contributed by atoms with E-state index >= 15 is 0 Å². The van der Waals surface area contributed by atoms with Gasteiger partial charge in [0.15, 0.2) is 0 Å². The van der Waals surface area contributed by atoms with Gasteiger partial charge in [-0.25, -0.2) is 13.8 Å². The Morgan fingerprint density at radius 3 is 2.55 bits per heavy atom. The molecule has 0 fully saturated rings. The number of nitrogens with one attached hydrogen (secondary N) is 1. The molecule has 0 spiro atoms. The van der Waals surface area contributed by atoms with E-state index < -0.39 is 37.3 Å². The lowest BCUT2D eigenvalue weighted by molar-refractivity contribution is -0.125. The number of benzene rings is 1. The van der Waals surface area contributed by atoms with Crippen molar-refractivity contribution in [2.45, 2.75) is 12.6 Å². The molecule has 31 heavy (non-hydrogen) atoms. The van der Waals surface area contributed by atoms with Gasteiger partial charge in [-0.05, 0) is 30.3 Å². The topological polar surface area (TPSA) is 153 Å². The number of alkyl halides is 2. The second-order valence-corrected chi connectivity index (χ2v) is 5.78. The highest BCUT2D eigenvalue weighted by Gasteiger charge is 2.22. The van der Waals surface area contributed by atoms with E-state index in [-0.39, 0.29) is 29.1 Å². The third-order valence-corrected chi connectivity index (χ3v) is 3.78. The number of aliphatic imine (C=N–C) groups is 1. The summed E-state index contributed by atoms with van der Waals surface area (Å²) in [6.45, 7) is -2.49. The number of anilines is 1. The van der Waals surface area contributed by atoms with Crippen LogP contribution in [0.25, 0.3) is 0 Å². The van der Waals surface area contributed by atoms with Crippen LogP contribution in [0.4, 0.5) is 18.9 Å². The first kappa shape index (κ1) is 25.4. The molecule has 6 N–H and O–H groups in total. The van der Waals surface area contributed by atoms with E-state index in [1.165, 1.54) is 31.4 Å². The molecule has 2 rings (SSSR count). The number of amides is 2. The Bertz CT molecular complexity index is 927. The molecule has 0 aliphatic carbocycles. The number of nitrogens with two attached hydrogens (primary N) is 2. The van der Waals surface area contributed by atoms with Crippen molar-refractivity contribution in [3.63, 3.8) is 0 Å². The summed E-state index contributed by atoms with van der Waals surface area (Å²) in [4.78, 5) is 31.1.